The van der Waals surface area contributed by atoms with Gasteiger partial charge in [0.25, 0.3) is 0 Å². The summed E-state index contributed by atoms with van der Waals surface area (Å²) in [5, 5.41) is 0.913. The van der Waals surface area contributed by atoms with Crippen LogP contribution in [0.2, 0.25) is 0 Å². The number of fused-ring (bicyclic) bond motifs is 1. The Morgan fingerprint density at radius 3 is 2.06 bits per heavy atom. The Kier molecular flexibility index (Phi) is 9.77. The molecule has 13 heteroatoms. The highest BCUT2D eigenvalue weighted by Gasteiger charge is 2.37. The van der Waals surface area contributed by atoms with Crippen LogP contribution < -0.4 is 14.7 Å². The van der Waals surface area contributed by atoms with Gasteiger partial charge in [-0.25, -0.2) is 15.0 Å². The Balaban J connectivity index is 1.32. The number of pyridine rings is 1. The summed E-state index contributed by atoms with van der Waals surface area (Å²) in [6.45, 7) is 6.06. The molecule has 2 aromatic heterocycles. The van der Waals surface area contributed by atoms with Crippen LogP contribution in [0, 0.1) is 12.8 Å². The van der Waals surface area contributed by atoms with E-state index in [0.29, 0.717) is 12.0 Å². The normalized spacial score (nSPS) is 17.8. The van der Waals surface area contributed by atoms with Crippen LogP contribution in [-0.4, -0.2) is 65.7 Å². The second kappa shape index (κ2) is 14.1. The molecular weight excluding hydrogens is 668 g/mol. The summed E-state index contributed by atoms with van der Waals surface area (Å²) in [7, 11) is 2.06. The van der Waals surface area contributed by atoms with Gasteiger partial charge in [-0.1, -0.05) is 31.0 Å². The van der Waals surface area contributed by atoms with E-state index < -0.39 is 23.5 Å². The highest BCUT2D eigenvalue weighted by Crippen LogP contribution is 2.39. The third kappa shape index (κ3) is 8.18. The molecule has 51 heavy (non-hydrogen) atoms. The van der Waals surface area contributed by atoms with Crippen molar-refractivity contribution in [3.05, 3.63) is 82.7 Å². The lowest BCUT2D eigenvalue weighted by Gasteiger charge is -2.34. The zero-order valence-corrected chi connectivity index (χ0v) is 28.9. The van der Waals surface area contributed by atoms with Crippen molar-refractivity contribution in [2.45, 2.75) is 76.9 Å². The molecule has 0 unspecified atom stereocenters. The van der Waals surface area contributed by atoms with E-state index in [2.05, 4.69) is 37.8 Å². The third-order valence-electron chi connectivity index (χ3n) is 10.5. The standard InChI is InChI=1S/C38H43F6N7/c1-25-6-5-7-28-18-29(35(47-34(25)28)51(23-26-10-11-26)32-8-3-4-9-32)24-50(36-45-20-33(21-46-36)49-14-12-48(2)13-15-49)22-27-16-30(37(39,40)41)19-31(17-27)38(42,43)44/h5-7,16-21,26,32H,3-4,8-15,22-24H2,1-2H3. The van der Waals surface area contributed by atoms with Gasteiger partial charge < -0.3 is 19.6 Å². The Bertz CT molecular complexity index is 1790. The minimum atomic E-state index is -4.96. The smallest absolute Gasteiger partial charge is 0.366 e. The number of halogens is 6. The molecule has 2 aliphatic carbocycles. The first-order chi connectivity index (χ1) is 24.3. The summed E-state index contributed by atoms with van der Waals surface area (Å²) in [5.41, 5.74) is 0.711. The maximum atomic E-state index is 13.9. The average Bonchev–Trinajstić information content (AvgIpc) is 3.75. The van der Waals surface area contributed by atoms with Crippen molar-refractivity contribution in [3.8, 4) is 0 Å². The van der Waals surface area contributed by atoms with E-state index in [1.807, 2.05) is 25.1 Å². The number of rotatable bonds is 10. The molecular formula is C38H43F6N7. The number of piperazine rings is 1. The van der Waals surface area contributed by atoms with Crippen molar-refractivity contribution < 1.29 is 26.3 Å². The zero-order valence-electron chi connectivity index (χ0n) is 28.9. The Hall–Kier alpha value is -4.13. The minimum Gasteiger partial charge on any atom is -0.366 e. The topological polar surface area (TPSA) is 51.6 Å². The molecule has 0 bridgehead atoms. The van der Waals surface area contributed by atoms with Gasteiger partial charge in [-0.05, 0) is 81.0 Å². The van der Waals surface area contributed by atoms with Crippen LogP contribution in [0.1, 0.15) is 66.3 Å². The summed E-state index contributed by atoms with van der Waals surface area (Å²) >= 11 is 0. The van der Waals surface area contributed by atoms with Gasteiger partial charge in [0.05, 0.1) is 34.7 Å². The van der Waals surface area contributed by atoms with Crippen LogP contribution in [0.3, 0.4) is 0 Å². The second-order valence-corrected chi connectivity index (χ2v) is 14.5. The molecule has 1 aliphatic heterocycles. The van der Waals surface area contributed by atoms with E-state index in [-0.39, 0.29) is 30.7 Å². The largest absolute Gasteiger partial charge is 0.416 e. The zero-order chi connectivity index (χ0) is 35.9. The predicted octanol–water partition coefficient (Wildman–Crippen LogP) is 8.49. The van der Waals surface area contributed by atoms with Gasteiger partial charge in [0, 0.05) is 62.8 Å². The van der Waals surface area contributed by atoms with Gasteiger partial charge in [0.15, 0.2) is 0 Å². The number of aryl methyl sites for hydroxylation is 1. The van der Waals surface area contributed by atoms with Crippen LogP contribution in [0.4, 0.5) is 43.8 Å². The molecule has 0 atom stereocenters. The maximum absolute atomic E-state index is 13.9. The molecule has 7 nitrogen and oxygen atoms in total. The molecule has 0 amide bonds. The Morgan fingerprint density at radius 2 is 1.45 bits per heavy atom. The maximum Gasteiger partial charge on any atom is 0.416 e. The predicted molar refractivity (Wildman–Crippen MR) is 187 cm³/mol. The van der Waals surface area contributed by atoms with Gasteiger partial charge in [-0.15, -0.1) is 0 Å². The van der Waals surface area contributed by atoms with Crippen LogP contribution in [0.5, 0.6) is 0 Å². The summed E-state index contributed by atoms with van der Waals surface area (Å²) in [6, 6.07) is 10.1. The number of nitrogens with zero attached hydrogens (tertiary/aromatic N) is 7. The Labute approximate surface area is 294 Å². The van der Waals surface area contributed by atoms with Gasteiger partial charge in [-0.2, -0.15) is 26.3 Å². The lowest BCUT2D eigenvalue weighted by molar-refractivity contribution is -0.143. The van der Waals surface area contributed by atoms with E-state index >= 15 is 0 Å². The number of hydrogen-bond donors (Lipinski definition) is 0. The fourth-order valence-electron chi connectivity index (χ4n) is 7.39. The molecule has 3 aliphatic rings. The van der Waals surface area contributed by atoms with Gasteiger partial charge in [0.1, 0.15) is 5.82 Å². The molecule has 3 fully saturated rings. The van der Waals surface area contributed by atoms with Crippen LogP contribution in [0.15, 0.2) is 54.9 Å². The number of hydrogen-bond acceptors (Lipinski definition) is 7. The van der Waals surface area contributed by atoms with Gasteiger partial charge in [0.2, 0.25) is 5.95 Å². The number of likely N-dealkylation sites (N-methyl/N-ethyl adjacent to an activating group) is 1. The lowest BCUT2D eigenvalue weighted by Crippen LogP contribution is -2.44. The van der Waals surface area contributed by atoms with E-state index in [4.69, 9.17) is 4.98 Å². The molecule has 0 spiro atoms. The highest BCUT2D eigenvalue weighted by molar-refractivity contribution is 5.85. The fraction of sp³-hybridized carbons (Fsp3) is 0.500. The van der Waals surface area contributed by atoms with Crippen molar-refractivity contribution in [1.82, 2.24) is 19.9 Å². The SMILES string of the molecule is Cc1cccc2cc(CN(Cc3cc(C(F)(F)F)cc(C(F)(F)F)c3)c3ncc(N4CCN(C)CC4)cn3)c(N(CC3CC3)C3CCCC3)nc12. The molecule has 0 N–H and O–H groups in total. The van der Waals surface area contributed by atoms with Crippen molar-refractivity contribution in [2.75, 3.05) is 54.5 Å². The molecule has 7 rings (SSSR count). The molecule has 2 aromatic carbocycles. The monoisotopic (exact) mass is 711 g/mol. The number of para-hydroxylation sites is 1. The van der Waals surface area contributed by atoms with E-state index in [9.17, 15) is 26.3 Å². The number of benzene rings is 2. The van der Waals surface area contributed by atoms with Crippen molar-refractivity contribution in [3.63, 3.8) is 0 Å². The second-order valence-electron chi connectivity index (χ2n) is 14.5. The first kappa shape index (κ1) is 35.3. The molecule has 4 aromatic rings. The van der Waals surface area contributed by atoms with Crippen LogP contribution in [0.25, 0.3) is 10.9 Å². The molecule has 2 saturated carbocycles. The van der Waals surface area contributed by atoms with Crippen molar-refractivity contribution in [2.24, 2.45) is 5.92 Å². The summed E-state index contributed by atoms with van der Waals surface area (Å²) in [4.78, 5) is 23.1. The highest BCUT2D eigenvalue weighted by atomic mass is 19.4. The van der Waals surface area contributed by atoms with Crippen LogP contribution in [-0.2, 0) is 25.4 Å². The molecule has 3 heterocycles. The van der Waals surface area contributed by atoms with Gasteiger partial charge in [-0.3, -0.25) is 0 Å². The Morgan fingerprint density at radius 1 is 0.804 bits per heavy atom. The summed E-state index contributed by atoms with van der Waals surface area (Å²) in [6.07, 6.45) is 0.121. The summed E-state index contributed by atoms with van der Waals surface area (Å²) < 4.78 is 83.6. The molecule has 0 radical (unpaired) electrons. The fourth-order valence-corrected chi connectivity index (χ4v) is 7.39. The van der Waals surface area contributed by atoms with E-state index in [0.717, 1.165) is 117 Å². The number of anilines is 3. The summed E-state index contributed by atoms with van der Waals surface area (Å²) in [5.74, 6) is 1.60. The molecule has 1 saturated heterocycles. The van der Waals surface area contributed by atoms with Crippen molar-refractivity contribution >= 4 is 28.4 Å². The van der Waals surface area contributed by atoms with Gasteiger partial charge >= 0.3 is 12.4 Å². The average molecular weight is 712 g/mol. The first-order valence-electron chi connectivity index (χ1n) is 17.8. The van der Waals surface area contributed by atoms with Crippen molar-refractivity contribution in [1.29, 1.82) is 0 Å². The van der Waals surface area contributed by atoms with Crippen LogP contribution >= 0.6 is 0 Å². The van der Waals surface area contributed by atoms with E-state index in [1.165, 1.54) is 0 Å². The minimum absolute atomic E-state index is 0.131. The van der Waals surface area contributed by atoms with E-state index in [1.54, 1.807) is 17.3 Å². The first-order valence-corrected chi connectivity index (χ1v) is 17.8. The molecule has 272 valence electrons. The number of aromatic nitrogens is 3. The quantitative estimate of drug-likeness (QED) is 0.153. The lowest BCUT2D eigenvalue weighted by atomic mass is 10.0. The number of alkyl halides is 6. The third-order valence-corrected chi connectivity index (χ3v) is 10.5.